The molecule has 1 aromatic carbocycles. The van der Waals surface area contributed by atoms with Crippen molar-refractivity contribution in [2.45, 2.75) is 12.5 Å². The maximum atomic E-state index is 12.0. The van der Waals surface area contributed by atoms with E-state index in [1.807, 2.05) is 18.2 Å². The maximum Gasteiger partial charge on any atom is 0.251 e. The number of piperazine rings is 1. The third-order valence-corrected chi connectivity index (χ3v) is 3.45. The van der Waals surface area contributed by atoms with Crippen molar-refractivity contribution in [3.8, 4) is 0 Å². The predicted molar refractivity (Wildman–Crippen MR) is 70.6 cm³/mol. The van der Waals surface area contributed by atoms with Crippen LogP contribution in [0.2, 0.25) is 5.02 Å². The SMILES string of the molecule is O=C(C(O)Cc1ccccc1Cl)N1CCNCC1. The number of aliphatic hydroxyl groups is 1. The number of amides is 1. The lowest BCUT2D eigenvalue weighted by atomic mass is 10.1. The number of carbonyl (C=O) groups is 1. The summed E-state index contributed by atoms with van der Waals surface area (Å²) in [5.41, 5.74) is 0.801. The van der Waals surface area contributed by atoms with Gasteiger partial charge in [-0.05, 0) is 11.6 Å². The average molecular weight is 269 g/mol. The minimum absolute atomic E-state index is 0.212. The Morgan fingerprint density at radius 2 is 2.06 bits per heavy atom. The Morgan fingerprint density at radius 3 is 2.72 bits per heavy atom. The zero-order chi connectivity index (χ0) is 13.0. The number of rotatable bonds is 3. The summed E-state index contributed by atoms with van der Waals surface area (Å²) in [5, 5.41) is 13.7. The van der Waals surface area contributed by atoms with Gasteiger partial charge in [-0.2, -0.15) is 0 Å². The number of benzene rings is 1. The topological polar surface area (TPSA) is 52.6 Å². The molecule has 2 rings (SSSR count). The van der Waals surface area contributed by atoms with Gasteiger partial charge in [0.1, 0.15) is 6.10 Å². The average Bonchev–Trinajstić information content (AvgIpc) is 2.41. The van der Waals surface area contributed by atoms with Gasteiger partial charge in [0.25, 0.3) is 5.91 Å². The molecule has 98 valence electrons. The van der Waals surface area contributed by atoms with Crippen molar-refractivity contribution in [3.63, 3.8) is 0 Å². The molecule has 1 heterocycles. The van der Waals surface area contributed by atoms with Crippen LogP contribution in [-0.4, -0.2) is 48.2 Å². The summed E-state index contributed by atoms with van der Waals surface area (Å²) in [5.74, 6) is -0.212. The van der Waals surface area contributed by atoms with Crippen LogP contribution in [0.15, 0.2) is 24.3 Å². The quantitative estimate of drug-likeness (QED) is 0.848. The monoisotopic (exact) mass is 268 g/mol. The van der Waals surface area contributed by atoms with Crippen molar-refractivity contribution in [1.82, 2.24) is 10.2 Å². The minimum atomic E-state index is -1.01. The zero-order valence-corrected chi connectivity index (χ0v) is 10.9. The molecule has 1 aliphatic rings. The second-order valence-electron chi connectivity index (χ2n) is 4.39. The summed E-state index contributed by atoms with van der Waals surface area (Å²) in [6, 6.07) is 7.27. The Labute approximate surface area is 112 Å². The van der Waals surface area contributed by atoms with Gasteiger partial charge in [-0.1, -0.05) is 29.8 Å². The summed E-state index contributed by atoms with van der Waals surface area (Å²) in [7, 11) is 0. The van der Waals surface area contributed by atoms with Crippen molar-refractivity contribution in [2.24, 2.45) is 0 Å². The van der Waals surface area contributed by atoms with Gasteiger partial charge in [-0.15, -0.1) is 0 Å². The summed E-state index contributed by atoms with van der Waals surface area (Å²) in [4.78, 5) is 13.7. The summed E-state index contributed by atoms with van der Waals surface area (Å²) in [6.07, 6.45) is -0.745. The Hall–Kier alpha value is -1.10. The fourth-order valence-electron chi connectivity index (χ4n) is 2.06. The third kappa shape index (κ3) is 3.22. The van der Waals surface area contributed by atoms with Gasteiger partial charge in [-0.25, -0.2) is 0 Å². The van der Waals surface area contributed by atoms with E-state index in [0.29, 0.717) is 18.1 Å². The van der Waals surface area contributed by atoms with E-state index in [0.717, 1.165) is 18.7 Å². The van der Waals surface area contributed by atoms with E-state index >= 15 is 0 Å². The van der Waals surface area contributed by atoms with Gasteiger partial charge in [0, 0.05) is 37.6 Å². The molecular formula is C13H17ClN2O2. The first kappa shape index (κ1) is 13.3. The van der Waals surface area contributed by atoms with E-state index in [1.54, 1.807) is 11.0 Å². The second-order valence-corrected chi connectivity index (χ2v) is 4.79. The molecule has 0 radical (unpaired) electrons. The Balaban J connectivity index is 1.96. The van der Waals surface area contributed by atoms with E-state index < -0.39 is 6.10 Å². The second kappa shape index (κ2) is 6.18. The van der Waals surface area contributed by atoms with Gasteiger partial charge >= 0.3 is 0 Å². The van der Waals surface area contributed by atoms with Crippen molar-refractivity contribution < 1.29 is 9.90 Å². The number of hydrogen-bond donors (Lipinski definition) is 2. The molecule has 1 fully saturated rings. The van der Waals surface area contributed by atoms with E-state index in [4.69, 9.17) is 11.6 Å². The van der Waals surface area contributed by atoms with Gasteiger partial charge in [-0.3, -0.25) is 4.79 Å². The highest BCUT2D eigenvalue weighted by Gasteiger charge is 2.24. The largest absolute Gasteiger partial charge is 0.383 e. The van der Waals surface area contributed by atoms with E-state index in [-0.39, 0.29) is 12.3 Å². The molecule has 1 saturated heterocycles. The first-order valence-corrected chi connectivity index (χ1v) is 6.47. The fourth-order valence-corrected chi connectivity index (χ4v) is 2.27. The number of halogens is 1. The number of hydrogen-bond acceptors (Lipinski definition) is 3. The Kier molecular flexibility index (Phi) is 4.58. The highest BCUT2D eigenvalue weighted by molar-refractivity contribution is 6.31. The zero-order valence-electron chi connectivity index (χ0n) is 10.1. The molecule has 1 aliphatic heterocycles. The van der Waals surface area contributed by atoms with Gasteiger partial charge in [0.05, 0.1) is 0 Å². The number of carbonyl (C=O) groups excluding carboxylic acids is 1. The molecular weight excluding hydrogens is 252 g/mol. The van der Waals surface area contributed by atoms with Crippen LogP contribution in [-0.2, 0) is 11.2 Å². The van der Waals surface area contributed by atoms with Crippen LogP contribution in [0.3, 0.4) is 0 Å². The molecule has 1 atom stereocenters. The highest BCUT2D eigenvalue weighted by Crippen LogP contribution is 2.17. The highest BCUT2D eigenvalue weighted by atomic mass is 35.5. The standard InChI is InChI=1S/C13H17ClN2O2/c14-11-4-2-1-3-10(11)9-12(17)13(18)16-7-5-15-6-8-16/h1-4,12,15,17H,5-9H2. The number of nitrogens with zero attached hydrogens (tertiary/aromatic N) is 1. The molecule has 0 aromatic heterocycles. The molecule has 18 heavy (non-hydrogen) atoms. The van der Waals surface area contributed by atoms with E-state index in [9.17, 15) is 9.90 Å². The molecule has 0 spiro atoms. The summed E-state index contributed by atoms with van der Waals surface area (Å²) in [6.45, 7) is 2.87. The van der Waals surface area contributed by atoms with Crippen molar-refractivity contribution in [3.05, 3.63) is 34.9 Å². The van der Waals surface area contributed by atoms with Crippen LogP contribution >= 0.6 is 11.6 Å². The molecule has 0 saturated carbocycles. The molecule has 5 heteroatoms. The summed E-state index contributed by atoms with van der Waals surface area (Å²) < 4.78 is 0. The Morgan fingerprint density at radius 1 is 1.39 bits per heavy atom. The van der Waals surface area contributed by atoms with Gasteiger partial charge < -0.3 is 15.3 Å². The van der Waals surface area contributed by atoms with Gasteiger partial charge in [0.15, 0.2) is 0 Å². The van der Waals surface area contributed by atoms with Crippen LogP contribution in [0.5, 0.6) is 0 Å². The van der Waals surface area contributed by atoms with Crippen molar-refractivity contribution >= 4 is 17.5 Å². The van der Waals surface area contributed by atoms with E-state index in [2.05, 4.69) is 5.32 Å². The lowest BCUT2D eigenvalue weighted by Gasteiger charge is -2.29. The third-order valence-electron chi connectivity index (χ3n) is 3.08. The van der Waals surface area contributed by atoms with Crippen LogP contribution < -0.4 is 5.32 Å². The van der Waals surface area contributed by atoms with Crippen LogP contribution in [0.4, 0.5) is 0 Å². The van der Waals surface area contributed by atoms with Crippen LogP contribution in [0.1, 0.15) is 5.56 Å². The van der Waals surface area contributed by atoms with Crippen LogP contribution in [0, 0.1) is 0 Å². The molecule has 0 aliphatic carbocycles. The number of nitrogens with one attached hydrogen (secondary N) is 1. The van der Waals surface area contributed by atoms with E-state index in [1.165, 1.54) is 0 Å². The number of aliphatic hydroxyl groups excluding tert-OH is 1. The first-order chi connectivity index (χ1) is 8.68. The summed E-state index contributed by atoms with van der Waals surface area (Å²) >= 11 is 6.01. The molecule has 0 bridgehead atoms. The molecule has 1 aromatic rings. The molecule has 1 amide bonds. The predicted octanol–water partition coefficient (Wildman–Crippen LogP) is 0.675. The molecule has 2 N–H and O–H groups in total. The van der Waals surface area contributed by atoms with Crippen molar-refractivity contribution in [1.29, 1.82) is 0 Å². The lowest BCUT2D eigenvalue weighted by molar-refractivity contribution is -0.140. The minimum Gasteiger partial charge on any atom is -0.383 e. The van der Waals surface area contributed by atoms with Crippen molar-refractivity contribution in [2.75, 3.05) is 26.2 Å². The molecule has 4 nitrogen and oxygen atoms in total. The fraction of sp³-hybridized carbons (Fsp3) is 0.462. The maximum absolute atomic E-state index is 12.0. The Bertz CT molecular complexity index is 419. The molecule has 1 unspecified atom stereocenters. The lowest BCUT2D eigenvalue weighted by Crippen LogP contribution is -2.50. The smallest absolute Gasteiger partial charge is 0.251 e. The normalized spacial score (nSPS) is 17.6. The first-order valence-electron chi connectivity index (χ1n) is 6.09. The van der Waals surface area contributed by atoms with Gasteiger partial charge in [0.2, 0.25) is 0 Å². The van der Waals surface area contributed by atoms with Crippen LogP contribution in [0.25, 0.3) is 0 Å².